The van der Waals surface area contributed by atoms with Crippen LogP contribution in [0.15, 0.2) is 22.7 Å². The normalized spacial score (nSPS) is 12.1. The molecular formula is C17H27BrN2O2. The highest BCUT2D eigenvalue weighted by molar-refractivity contribution is 9.10. The second-order valence-electron chi connectivity index (χ2n) is 7.20. The van der Waals surface area contributed by atoms with E-state index in [0.717, 1.165) is 11.0 Å². The number of carbonyl (C=O) groups excluding carboxylic acids is 1. The Morgan fingerprint density at radius 2 is 1.86 bits per heavy atom. The predicted octanol–water partition coefficient (Wildman–Crippen LogP) is 4.15. The van der Waals surface area contributed by atoms with E-state index in [9.17, 15) is 4.79 Å². The SMILES string of the molecule is Cc1cc(CNCC(C)(C)NC(=O)OC(C)(C)C)ccc1Br. The van der Waals surface area contributed by atoms with Crippen LogP contribution in [0.25, 0.3) is 0 Å². The van der Waals surface area contributed by atoms with Crippen LogP contribution in [-0.2, 0) is 11.3 Å². The van der Waals surface area contributed by atoms with Gasteiger partial charge < -0.3 is 15.4 Å². The van der Waals surface area contributed by atoms with Gasteiger partial charge in [-0.1, -0.05) is 28.1 Å². The number of halogens is 1. The van der Waals surface area contributed by atoms with Crippen LogP contribution in [0.5, 0.6) is 0 Å². The third-order valence-corrected chi connectivity index (χ3v) is 3.85. The van der Waals surface area contributed by atoms with Gasteiger partial charge in [0.1, 0.15) is 5.60 Å². The van der Waals surface area contributed by atoms with E-state index >= 15 is 0 Å². The van der Waals surface area contributed by atoms with Gasteiger partial charge in [0.2, 0.25) is 0 Å². The first-order chi connectivity index (χ1) is 9.98. The smallest absolute Gasteiger partial charge is 0.408 e. The standard InChI is InChI=1S/C17H27BrN2O2/c1-12-9-13(7-8-14(12)18)10-19-11-17(5,6)20-15(21)22-16(2,3)4/h7-9,19H,10-11H2,1-6H3,(H,20,21). The molecule has 0 spiro atoms. The van der Waals surface area contributed by atoms with Gasteiger partial charge in [0.05, 0.1) is 5.54 Å². The zero-order valence-electron chi connectivity index (χ0n) is 14.3. The molecular weight excluding hydrogens is 344 g/mol. The number of benzene rings is 1. The Morgan fingerprint density at radius 3 is 2.41 bits per heavy atom. The van der Waals surface area contributed by atoms with Gasteiger partial charge in [-0.05, 0) is 58.7 Å². The molecule has 0 heterocycles. The average Bonchev–Trinajstić information content (AvgIpc) is 2.30. The van der Waals surface area contributed by atoms with E-state index in [1.807, 2.05) is 34.6 Å². The second-order valence-corrected chi connectivity index (χ2v) is 8.05. The van der Waals surface area contributed by atoms with Gasteiger partial charge in [0.15, 0.2) is 0 Å². The fourth-order valence-electron chi connectivity index (χ4n) is 1.96. The molecule has 0 radical (unpaired) electrons. The van der Waals surface area contributed by atoms with Gasteiger partial charge in [-0.2, -0.15) is 0 Å². The first-order valence-corrected chi connectivity index (χ1v) is 8.25. The molecule has 0 fully saturated rings. The van der Waals surface area contributed by atoms with Gasteiger partial charge in [-0.15, -0.1) is 0 Å². The van der Waals surface area contributed by atoms with Crippen LogP contribution in [0.4, 0.5) is 4.79 Å². The molecule has 0 aromatic heterocycles. The lowest BCUT2D eigenvalue weighted by Gasteiger charge is -2.29. The molecule has 5 heteroatoms. The van der Waals surface area contributed by atoms with Crippen LogP contribution in [-0.4, -0.2) is 23.8 Å². The molecule has 0 atom stereocenters. The Bertz CT molecular complexity index is 522. The molecule has 1 aromatic rings. The third-order valence-electron chi connectivity index (χ3n) is 2.96. The van der Waals surface area contributed by atoms with Gasteiger partial charge in [0, 0.05) is 17.6 Å². The largest absolute Gasteiger partial charge is 0.444 e. The quantitative estimate of drug-likeness (QED) is 0.818. The minimum absolute atomic E-state index is 0.382. The van der Waals surface area contributed by atoms with Crippen molar-refractivity contribution in [3.05, 3.63) is 33.8 Å². The molecule has 0 bridgehead atoms. The van der Waals surface area contributed by atoms with Crippen LogP contribution >= 0.6 is 15.9 Å². The van der Waals surface area contributed by atoms with E-state index < -0.39 is 11.7 Å². The van der Waals surface area contributed by atoms with Crippen LogP contribution in [0.1, 0.15) is 45.7 Å². The Balaban J connectivity index is 2.45. The summed E-state index contributed by atoms with van der Waals surface area (Å²) < 4.78 is 6.40. The maximum atomic E-state index is 11.8. The van der Waals surface area contributed by atoms with Crippen LogP contribution in [0, 0.1) is 6.92 Å². The summed E-state index contributed by atoms with van der Waals surface area (Å²) >= 11 is 3.50. The molecule has 4 nitrogen and oxygen atoms in total. The zero-order chi connectivity index (χ0) is 17.0. The molecule has 0 saturated heterocycles. The highest BCUT2D eigenvalue weighted by Crippen LogP contribution is 2.17. The fourth-order valence-corrected chi connectivity index (χ4v) is 2.21. The molecule has 1 rings (SSSR count). The highest BCUT2D eigenvalue weighted by atomic mass is 79.9. The van der Waals surface area contributed by atoms with E-state index in [-0.39, 0.29) is 5.54 Å². The number of nitrogens with one attached hydrogen (secondary N) is 2. The van der Waals surface area contributed by atoms with Crippen molar-refractivity contribution in [3.63, 3.8) is 0 Å². The van der Waals surface area contributed by atoms with Crippen molar-refractivity contribution in [1.29, 1.82) is 0 Å². The summed E-state index contributed by atoms with van der Waals surface area (Å²) in [7, 11) is 0. The van der Waals surface area contributed by atoms with E-state index in [0.29, 0.717) is 6.54 Å². The topological polar surface area (TPSA) is 50.4 Å². The summed E-state index contributed by atoms with van der Waals surface area (Å²) in [6, 6.07) is 6.28. The van der Waals surface area contributed by atoms with Crippen molar-refractivity contribution < 1.29 is 9.53 Å². The molecule has 2 N–H and O–H groups in total. The van der Waals surface area contributed by atoms with Crippen molar-refractivity contribution in [3.8, 4) is 0 Å². The lowest BCUT2D eigenvalue weighted by atomic mass is 10.1. The minimum atomic E-state index is -0.484. The molecule has 0 unspecified atom stereocenters. The van der Waals surface area contributed by atoms with E-state index in [1.165, 1.54) is 11.1 Å². The molecule has 22 heavy (non-hydrogen) atoms. The number of rotatable bonds is 5. The Labute approximate surface area is 142 Å². The van der Waals surface area contributed by atoms with E-state index in [1.54, 1.807) is 0 Å². The summed E-state index contributed by atoms with van der Waals surface area (Å²) in [6.45, 7) is 13.0. The van der Waals surface area contributed by atoms with Crippen molar-refractivity contribution >= 4 is 22.0 Å². The monoisotopic (exact) mass is 370 g/mol. The van der Waals surface area contributed by atoms with Crippen molar-refractivity contribution in [2.45, 2.75) is 59.2 Å². The molecule has 124 valence electrons. The summed E-state index contributed by atoms with van der Waals surface area (Å²) in [5.41, 5.74) is 1.56. The average molecular weight is 371 g/mol. The second kappa shape index (κ2) is 7.47. The molecule has 1 aromatic carbocycles. The first-order valence-electron chi connectivity index (χ1n) is 7.45. The molecule has 0 aliphatic rings. The molecule has 0 saturated carbocycles. The molecule has 0 aliphatic carbocycles. The Morgan fingerprint density at radius 1 is 1.23 bits per heavy atom. The fraction of sp³-hybridized carbons (Fsp3) is 0.588. The Kier molecular flexibility index (Phi) is 6.44. The van der Waals surface area contributed by atoms with Crippen molar-refractivity contribution in [1.82, 2.24) is 10.6 Å². The van der Waals surface area contributed by atoms with Gasteiger partial charge in [-0.25, -0.2) is 4.79 Å². The minimum Gasteiger partial charge on any atom is -0.444 e. The van der Waals surface area contributed by atoms with Crippen molar-refractivity contribution in [2.75, 3.05) is 6.54 Å². The zero-order valence-corrected chi connectivity index (χ0v) is 15.9. The number of amides is 1. The number of carbonyl (C=O) groups is 1. The maximum Gasteiger partial charge on any atom is 0.408 e. The summed E-state index contributed by atoms with van der Waals surface area (Å²) in [5.74, 6) is 0. The van der Waals surface area contributed by atoms with Crippen molar-refractivity contribution in [2.24, 2.45) is 0 Å². The number of aryl methyl sites for hydroxylation is 1. The number of hydrogen-bond donors (Lipinski definition) is 2. The Hall–Kier alpha value is -1.07. The summed E-state index contributed by atoms with van der Waals surface area (Å²) in [4.78, 5) is 11.8. The number of alkyl carbamates (subject to hydrolysis) is 1. The van der Waals surface area contributed by atoms with Crippen LogP contribution in [0.3, 0.4) is 0 Å². The maximum absolute atomic E-state index is 11.8. The van der Waals surface area contributed by atoms with Gasteiger partial charge in [0.25, 0.3) is 0 Å². The third kappa shape index (κ3) is 7.27. The number of ether oxygens (including phenoxy) is 1. The summed E-state index contributed by atoms with van der Waals surface area (Å²) in [6.07, 6.45) is -0.390. The molecule has 1 amide bonds. The van der Waals surface area contributed by atoms with Crippen LogP contribution in [0.2, 0.25) is 0 Å². The lowest BCUT2D eigenvalue weighted by Crippen LogP contribution is -2.51. The predicted molar refractivity (Wildman–Crippen MR) is 94.0 cm³/mol. The summed E-state index contributed by atoms with van der Waals surface area (Å²) in [5, 5.41) is 6.26. The van der Waals surface area contributed by atoms with E-state index in [2.05, 4.69) is 51.7 Å². The van der Waals surface area contributed by atoms with Gasteiger partial charge >= 0.3 is 6.09 Å². The number of hydrogen-bond acceptors (Lipinski definition) is 3. The highest BCUT2D eigenvalue weighted by Gasteiger charge is 2.24. The van der Waals surface area contributed by atoms with Gasteiger partial charge in [-0.3, -0.25) is 0 Å². The molecule has 0 aliphatic heterocycles. The van der Waals surface area contributed by atoms with Crippen LogP contribution < -0.4 is 10.6 Å². The lowest BCUT2D eigenvalue weighted by molar-refractivity contribution is 0.0472. The first kappa shape index (κ1) is 19.0. The van der Waals surface area contributed by atoms with E-state index in [4.69, 9.17) is 4.74 Å².